The number of halogens is 1. The first-order valence-corrected chi connectivity index (χ1v) is 13.6. The number of pyridine rings is 1. The van der Waals surface area contributed by atoms with Crippen molar-refractivity contribution in [3.63, 3.8) is 0 Å². The topological polar surface area (TPSA) is 93.8 Å². The Morgan fingerprint density at radius 1 is 1.24 bits per heavy atom. The summed E-state index contributed by atoms with van der Waals surface area (Å²) in [7, 11) is 1.90. The van der Waals surface area contributed by atoms with Crippen LogP contribution in [-0.2, 0) is 25.6 Å². The fourth-order valence-corrected chi connectivity index (χ4v) is 5.68. The number of hydrogen-bond donors (Lipinski definition) is 2. The Bertz CT molecular complexity index is 1380. The van der Waals surface area contributed by atoms with Gasteiger partial charge in [-0.15, -0.1) is 10.2 Å². The van der Waals surface area contributed by atoms with Crippen molar-refractivity contribution in [1.29, 1.82) is 0 Å². The first-order valence-electron chi connectivity index (χ1n) is 13.6. The van der Waals surface area contributed by atoms with Crippen LogP contribution in [0, 0.1) is 23.6 Å². The number of aryl methyl sites for hydroxylation is 1. The van der Waals surface area contributed by atoms with Crippen molar-refractivity contribution in [3.8, 4) is 0 Å². The maximum Gasteiger partial charge on any atom is 0.263 e. The molecule has 2 fully saturated rings. The molecular weight excluding hydrogens is 483 g/mol. The zero-order valence-corrected chi connectivity index (χ0v) is 22.6. The molecule has 2 aromatic heterocycles. The highest BCUT2D eigenvalue weighted by Crippen LogP contribution is 2.51. The molecule has 2 saturated carbocycles. The smallest absolute Gasteiger partial charge is 0.263 e. The third kappa shape index (κ3) is 5.29. The summed E-state index contributed by atoms with van der Waals surface area (Å²) in [5, 5.41) is 14.5. The van der Waals surface area contributed by atoms with Crippen LogP contribution >= 0.6 is 0 Å². The van der Waals surface area contributed by atoms with Crippen molar-refractivity contribution in [2.24, 2.45) is 24.8 Å². The molecular formula is C29H37FN6O2. The number of amides is 1. The number of anilines is 1. The molecule has 0 spiro atoms. The fraction of sp³-hybridized carbons (Fsp3) is 0.517. The van der Waals surface area contributed by atoms with Crippen molar-refractivity contribution in [3.05, 3.63) is 75.5 Å². The van der Waals surface area contributed by atoms with E-state index in [1.165, 1.54) is 6.07 Å². The summed E-state index contributed by atoms with van der Waals surface area (Å²) in [5.74, 6) is 1.12. The van der Waals surface area contributed by atoms with Gasteiger partial charge in [0.1, 0.15) is 23.5 Å². The van der Waals surface area contributed by atoms with Crippen LogP contribution in [0.5, 0.6) is 0 Å². The van der Waals surface area contributed by atoms with Crippen LogP contribution < -0.4 is 16.2 Å². The summed E-state index contributed by atoms with van der Waals surface area (Å²) in [6.45, 7) is 8.40. The lowest BCUT2D eigenvalue weighted by atomic mass is 9.58. The zero-order valence-electron chi connectivity index (χ0n) is 22.6. The van der Waals surface area contributed by atoms with E-state index in [0.717, 1.165) is 49.2 Å². The summed E-state index contributed by atoms with van der Waals surface area (Å²) >= 11 is 0. The lowest BCUT2D eigenvalue weighted by molar-refractivity contribution is 0.102. The molecule has 0 atom stereocenters. The van der Waals surface area contributed by atoms with Gasteiger partial charge in [0.2, 0.25) is 0 Å². The molecule has 8 nitrogen and oxygen atoms in total. The summed E-state index contributed by atoms with van der Waals surface area (Å²) < 4.78 is 18.5. The molecule has 9 heteroatoms. The predicted molar refractivity (Wildman–Crippen MR) is 145 cm³/mol. The normalized spacial score (nSPS) is 20.9. The monoisotopic (exact) mass is 520 g/mol. The molecule has 0 radical (unpaired) electrons. The van der Waals surface area contributed by atoms with E-state index < -0.39 is 17.1 Å². The van der Waals surface area contributed by atoms with Gasteiger partial charge in [0.15, 0.2) is 0 Å². The molecule has 5 rings (SSSR count). The Labute approximate surface area is 222 Å². The Morgan fingerprint density at radius 3 is 2.63 bits per heavy atom. The van der Waals surface area contributed by atoms with Gasteiger partial charge in [0, 0.05) is 26.3 Å². The Hall–Kier alpha value is -3.33. The minimum absolute atomic E-state index is 0.0274. The zero-order chi connectivity index (χ0) is 27.0. The average Bonchev–Trinajstić information content (AvgIpc) is 3.57. The standard InChI is InChI=1S/C29H37FN6O2/c1-18(2)13-31-14-21-9-23(27(38)36(16-21)15-20-5-6-20)26(37)33-25-10-22(7-8-24(25)30)29(11-19(3)12-29)28-34-32-17-35(28)4/h7-10,16-20,31H,5-6,11-15H2,1-4H3,(H,33,37). The minimum atomic E-state index is -0.601. The largest absolute Gasteiger partial charge is 0.320 e. The lowest BCUT2D eigenvalue weighted by Gasteiger charge is -2.46. The second kappa shape index (κ2) is 10.4. The minimum Gasteiger partial charge on any atom is -0.320 e. The molecule has 38 heavy (non-hydrogen) atoms. The van der Waals surface area contributed by atoms with Crippen LogP contribution in [0.15, 0.2) is 41.6 Å². The summed E-state index contributed by atoms with van der Waals surface area (Å²) in [6, 6.07) is 6.45. The van der Waals surface area contributed by atoms with Gasteiger partial charge in [-0.1, -0.05) is 26.8 Å². The van der Waals surface area contributed by atoms with E-state index in [2.05, 4.69) is 41.6 Å². The maximum absolute atomic E-state index is 15.0. The van der Waals surface area contributed by atoms with E-state index in [4.69, 9.17) is 0 Å². The molecule has 1 amide bonds. The van der Waals surface area contributed by atoms with Crippen LogP contribution in [-0.4, -0.2) is 31.8 Å². The SMILES string of the molecule is CC(C)CNCc1cc(C(=O)Nc2cc(C3(c4nncn4C)CC(C)C3)ccc2F)c(=O)n(CC2CC2)c1. The molecule has 2 N–H and O–H groups in total. The van der Waals surface area contributed by atoms with E-state index in [1.807, 2.05) is 17.8 Å². The molecule has 0 aliphatic heterocycles. The van der Waals surface area contributed by atoms with E-state index in [0.29, 0.717) is 30.8 Å². The number of carbonyl (C=O) groups is 1. The highest BCUT2D eigenvalue weighted by atomic mass is 19.1. The molecule has 0 unspecified atom stereocenters. The quantitative estimate of drug-likeness (QED) is 0.417. The van der Waals surface area contributed by atoms with Crippen LogP contribution in [0.3, 0.4) is 0 Å². The molecule has 0 bridgehead atoms. The number of carbonyl (C=O) groups excluding carboxylic acids is 1. The third-order valence-corrected chi connectivity index (χ3v) is 7.72. The number of rotatable bonds is 10. The van der Waals surface area contributed by atoms with Crippen molar-refractivity contribution >= 4 is 11.6 Å². The molecule has 0 saturated heterocycles. The Kier molecular flexibility index (Phi) is 7.22. The number of hydrogen-bond acceptors (Lipinski definition) is 5. The highest BCUT2D eigenvalue weighted by Gasteiger charge is 2.48. The molecule has 2 aliphatic rings. The molecule has 2 aliphatic carbocycles. The van der Waals surface area contributed by atoms with Gasteiger partial charge in [-0.05, 0) is 79.3 Å². The van der Waals surface area contributed by atoms with E-state index >= 15 is 0 Å². The summed E-state index contributed by atoms with van der Waals surface area (Å²) in [6.07, 6.45) is 7.41. The first-order chi connectivity index (χ1) is 18.2. The summed E-state index contributed by atoms with van der Waals surface area (Å²) in [4.78, 5) is 26.7. The second-order valence-corrected chi connectivity index (χ2v) is 11.7. The maximum atomic E-state index is 15.0. The van der Waals surface area contributed by atoms with Gasteiger partial charge < -0.3 is 19.8 Å². The number of aromatic nitrogens is 4. The van der Waals surface area contributed by atoms with Gasteiger partial charge in [-0.25, -0.2) is 4.39 Å². The van der Waals surface area contributed by atoms with Crippen molar-refractivity contribution in [2.75, 3.05) is 11.9 Å². The third-order valence-electron chi connectivity index (χ3n) is 7.72. The number of benzene rings is 1. The van der Waals surface area contributed by atoms with Crippen molar-refractivity contribution < 1.29 is 9.18 Å². The number of nitrogens with zero attached hydrogens (tertiary/aromatic N) is 4. The van der Waals surface area contributed by atoms with E-state index in [1.54, 1.807) is 29.1 Å². The fourth-order valence-electron chi connectivity index (χ4n) is 5.68. The molecule has 1 aromatic carbocycles. The van der Waals surface area contributed by atoms with Gasteiger partial charge in [0.05, 0.1) is 11.1 Å². The van der Waals surface area contributed by atoms with Gasteiger partial charge in [-0.2, -0.15) is 0 Å². The molecule has 3 aromatic rings. The van der Waals surface area contributed by atoms with Crippen LogP contribution in [0.2, 0.25) is 0 Å². The summed E-state index contributed by atoms with van der Waals surface area (Å²) in [5.41, 5.74) is 1.08. The van der Waals surface area contributed by atoms with Gasteiger partial charge >= 0.3 is 0 Å². The van der Waals surface area contributed by atoms with Crippen LogP contribution in [0.25, 0.3) is 0 Å². The highest BCUT2D eigenvalue weighted by molar-refractivity contribution is 6.04. The van der Waals surface area contributed by atoms with Gasteiger partial charge in [0.25, 0.3) is 11.5 Å². The van der Waals surface area contributed by atoms with Crippen molar-refractivity contribution in [2.45, 2.75) is 65.0 Å². The molecule has 2 heterocycles. The first kappa shape index (κ1) is 26.3. The number of nitrogens with one attached hydrogen (secondary N) is 2. The van der Waals surface area contributed by atoms with E-state index in [9.17, 15) is 14.0 Å². The van der Waals surface area contributed by atoms with Gasteiger partial charge in [-0.3, -0.25) is 9.59 Å². The second-order valence-electron chi connectivity index (χ2n) is 11.7. The lowest BCUT2D eigenvalue weighted by Crippen LogP contribution is -2.43. The predicted octanol–water partition coefficient (Wildman–Crippen LogP) is 4.24. The molecule has 202 valence electrons. The van der Waals surface area contributed by atoms with E-state index in [-0.39, 0.29) is 16.8 Å². The van der Waals surface area contributed by atoms with Crippen LogP contribution in [0.4, 0.5) is 10.1 Å². The van der Waals surface area contributed by atoms with Crippen LogP contribution in [0.1, 0.15) is 73.8 Å². The Morgan fingerprint density at radius 2 is 2.00 bits per heavy atom. The average molecular weight is 521 g/mol. The Balaban J connectivity index is 1.44. The van der Waals surface area contributed by atoms with Crippen molar-refractivity contribution in [1.82, 2.24) is 24.6 Å².